The summed E-state index contributed by atoms with van der Waals surface area (Å²) in [6.45, 7) is 5.37. The molecule has 0 aliphatic carbocycles. The highest BCUT2D eigenvalue weighted by Gasteiger charge is 2.25. The van der Waals surface area contributed by atoms with Crippen LogP contribution in [0.4, 0.5) is 0 Å². The minimum atomic E-state index is -1.01. The molecule has 0 aliphatic heterocycles. The molecule has 0 saturated heterocycles. The molecule has 2 aromatic carbocycles. The largest absolute Gasteiger partial charge is 0.386 e. The van der Waals surface area contributed by atoms with Crippen LogP contribution >= 0.6 is 0 Å². The Balaban J connectivity index is 2.30. The van der Waals surface area contributed by atoms with E-state index in [2.05, 4.69) is 4.98 Å². The van der Waals surface area contributed by atoms with Crippen molar-refractivity contribution < 1.29 is 9.90 Å². The third-order valence-electron chi connectivity index (χ3n) is 3.93. The zero-order valence-electron chi connectivity index (χ0n) is 13.0. The second-order valence-electron chi connectivity index (χ2n) is 6.11. The minimum absolute atomic E-state index is 0.0268. The van der Waals surface area contributed by atoms with Crippen LogP contribution in [0.2, 0.25) is 0 Å². The number of rotatable bonds is 3. The Morgan fingerprint density at radius 2 is 1.73 bits per heavy atom. The van der Waals surface area contributed by atoms with Gasteiger partial charge < -0.3 is 10.1 Å². The molecule has 22 heavy (non-hydrogen) atoms. The summed E-state index contributed by atoms with van der Waals surface area (Å²) in [5, 5.41) is 11.3. The van der Waals surface area contributed by atoms with E-state index in [1.807, 2.05) is 55.5 Å². The molecule has 3 rings (SSSR count). The normalized spacial score (nSPS) is 11.8. The summed E-state index contributed by atoms with van der Waals surface area (Å²) in [4.78, 5) is 16.2. The SMILES string of the molecule is Cc1[nH]c2cccc(C(C)(C)O)c2c1C(=O)c1ccccc1. The van der Waals surface area contributed by atoms with Crippen LogP contribution in [0.5, 0.6) is 0 Å². The van der Waals surface area contributed by atoms with Gasteiger partial charge in [-0.3, -0.25) is 4.79 Å². The van der Waals surface area contributed by atoms with Crippen molar-refractivity contribution in [2.24, 2.45) is 0 Å². The number of benzene rings is 2. The van der Waals surface area contributed by atoms with Gasteiger partial charge in [0.05, 0.1) is 11.2 Å². The Labute approximate surface area is 129 Å². The van der Waals surface area contributed by atoms with Gasteiger partial charge in [-0.15, -0.1) is 0 Å². The zero-order valence-corrected chi connectivity index (χ0v) is 13.0. The van der Waals surface area contributed by atoms with Gasteiger partial charge in [0, 0.05) is 22.2 Å². The van der Waals surface area contributed by atoms with Crippen LogP contribution in [-0.4, -0.2) is 15.9 Å². The lowest BCUT2D eigenvalue weighted by atomic mass is 9.90. The molecule has 2 N–H and O–H groups in total. The van der Waals surface area contributed by atoms with Crippen molar-refractivity contribution in [1.29, 1.82) is 0 Å². The summed E-state index contributed by atoms with van der Waals surface area (Å²) in [7, 11) is 0. The molecular weight excluding hydrogens is 274 g/mol. The van der Waals surface area contributed by atoms with Crippen molar-refractivity contribution in [2.75, 3.05) is 0 Å². The third kappa shape index (κ3) is 2.34. The van der Waals surface area contributed by atoms with Gasteiger partial charge in [-0.05, 0) is 32.4 Å². The summed E-state index contributed by atoms with van der Waals surface area (Å²) in [6, 6.07) is 14.9. The molecule has 0 radical (unpaired) electrons. The van der Waals surface area contributed by atoms with Crippen LogP contribution in [0.15, 0.2) is 48.5 Å². The van der Waals surface area contributed by atoms with Gasteiger partial charge >= 0.3 is 0 Å². The summed E-state index contributed by atoms with van der Waals surface area (Å²) in [5.74, 6) is -0.0268. The van der Waals surface area contributed by atoms with E-state index in [1.165, 1.54) is 0 Å². The molecule has 0 amide bonds. The molecule has 0 saturated carbocycles. The molecule has 0 bridgehead atoms. The predicted octanol–water partition coefficient (Wildman–Crippen LogP) is 3.93. The monoisotopic (exact) mass is 293 g/mol. The average Bonchev–Trinajstić information content (AvgIpc) is 2.82. The molecule has 0 aliphatic rings. The van der Waals surface area contributed by atoms with Gasteiger partial charge in [-0.2, -0.15) is 0 Å². The highest BCUT2D eigenvalue weighted by Crippen LogP contribution is 2.33. The van der Waals surface area contributed by atoms with E-state index < -0.39 is 5.60 Å². The molecule has 1 aromatic heterocycles. The van der Waals surface area contributed by atoms with E-state index in [4.69, 9.17) is 0 Å². The number of hydrogen-bond acceptors (Lipinski definition) is 2. The maximum atomic E-state index is 12.9. The fraction of sp³-hybridized carbons (Fsp3) is 0.211. The Morgan fingerprint density at radius 3 is 2.36 bits per heavy atom. The molecule has 0 atom stereocenters. The van der Waals surface area contributed by atoms with Crippen molar-refractivity contribution in [2.45, 2.75) is 26.4 Å². The van der Waals surface area contributed by atoms with Crippen molar-refractivity contribution in [3.8, 4) is 0 Å². The molecule has 1 heterocycles. The molecule has 0 unspecified atom stereocenters. The predicted molar refractivity (Wildman–Crippen MR) is 88.2 cm³/mol. The summed E-state index contributed by atoms with van der Waals surface area (Å²) < 4.78 is 0. The molecule has 0 fully saturated rings. The Bertz CT molecular complexity index is 839. The first-order valence-electron chi connectivity index (χ1n) is 7.33. The minimum Gasteiger partial charge on any atom is -0.386 e. The van der Waals surface area contributed by atoms with Crippen molar-refractivity contribution in [3.05, 3.63) is 70.9 Å². The van der Waals surface area contributed by atoms with Crippen LogP contribution in [0.25, 0.3) is 10.9 Å². The van der Waals surface area contributed by atoms with Gasteiger partial charge in [0.25, 0.3) is 0 Å². The number of aromatic amines is 1. The van der Waals surface area contributed by atoms with Crippen LogP contribution in [0.3, 0.4) is 0 Å². The third-order valence-corrected chi connectivity index (χ3v) is 3.93. The quantitative estimate of drug-likeness (QED) is 0.719. The lowest BCUT2D eigenvalue weighted by Gasteiger charge is -2.19. The van der Waals surface area contributed by atoms with E-state index in [1.54, 1.807) is 13.8 Å². The van der Waals surface area contributed by atoms with Crippen LogP contribution in [-0.2, 0) is 5.60 Å². The molecular formula is C19H19NO2. The van der Waals surface area contributed by atoms with Gasteiger partial charge in [0.1, 0.15) is 0 Å². The van der Waals surface area contributed by atoms with Crippen molar-refractivity contribution >= 4 is 16.7 Å². The maximum absolute atomic E-state index is 12.9. The smallest absolute Gasteiger partial charge is 0.195 e. The number of carbonyl (C=O) groups is 1. The number of H-pyrrole nitrogens is 1. The summed E-state index contributed by atoms with van der Waals surface area (Å²) in [6.07, 6.45) is 0. The molecule has 0 spiro atoms. The number of ketones is 1. The standard InChI is InChI=1S/C19H19NO2/c1-12-16(18(21)13-8-5-4-6-9-13)17-14(19(2,3)22)10-7-11-15(17)20-12/h4-11,20,22H,1-3H3. The lowest BCUT2D eigenvalue weighted by Crippen LogP contribution is -2.16. The number of nitrogens with one attached hydrogen (secondary N) is 1. The first-order valence-corrected chi connectivity index (χ1v) is 7.33. The van der Waals surface area contributed by atoms with E-state index in [-0.39, 0.29) is 5.78 Å². The first kappa shape index (κ1) is 14.5. The highest BCUT2D eigenvalue weighted by atomic mass is 16.3. The van der Waals surface area contributed by atoms with Gasteiger partial charge in [0.2, 0.25) is 0 Å². The number of aliphatic hydroxyl groups is 1. The van der Waals surface area contributed by atoms with Gasteiger partial charge in [0.15, 0.2) is 5.78 Å². The van der Waals surface area contributed by atoms with E-state index in [0.717, 1.165) is 22.2 Å². The van der Waals surface area contributed by atoms with Crippen LogP contribution in [0, 0.1) is 6.92 Å². The van der Waals surface area contributed by atoms with Crippen LogP contribution < -0.4 is 0 Å². The number of carbonyl (C=O) groups excluding carboxylic acids is 1. The highest BCUT2D eigenvalue weighted by molar-refractivity contribution is 6.18. The van der Waals surface area contributed by atoms with E-state index in [9.17, 15) is 9.90 Å². The number of aromatic nitrogens is 1. The Morgan fingerprint density at radius 1 is 1.05 bits per heavy atom. The Kier molecular flexibility index (Phi) is 3.38. The summed E-state index contributed by atoms with van der Waals surface area (Å²) in [5.41, 5.74) is 2.72. The Hall–Kier alpha value is -2.39. The fourth-order valence-electron chi connectivity index (χ4n) is 2.91. The van der Waals surface area contributed by atoms with E-state index in [0.29, 0.717) is 11.1 Å². The molecule has 3 aromatic rings. The topological polar surface area (TPSA) is 53.1 Å². The average molecular weight is 293 g/mol. The number of hydrogen-bond donors (Lipinski definition) is 2. The second kappa shape index (κ2) is 5.11. The lowest BCUT2D eigenvalue weighted by molar-refractivity contribution is 0.0802. The van der Waals surface area contributed by atoms with E-state index >= 15 is 0 Å². The van der Waals surface area contributed by atoms with Gasteiger partial charge in [-0.25, -0.2) is 0 Å². The second-order valence-corrected chi connectivity index (χ2v) is 6.11. The maximum Gasteiger partial charge on any atom is 0.195 e. The number of aryl methyl sites for hydroxylation is 1. The molecule has 3 nitrogen and oxygen atoms in total. The zero-order chi connectivity index (χ0) is 15.9. The summed E-state index contributed by atoms with van der Waals surface area (Å²) >= 11 is 0. The molecule has 112 valence electrons. The van der Waals surface area contributed by atoms with Crippen LogP contribution in [0.1, 0.15) is 41.0 Å². The van der Waals surface area contributed by atoms with Crippen molar-refractivity contribution in [1.82, 2.24) is 4.98 Å². The van der Waals surface area contributed by atoms with Gasteiger partial charge in [-0.1, -0.05) is 42.5 Å². The first-order chi connectivity index (χ1) is 10.4. The number of fused-ring (bicyclic) bond motifs is 1. The fourth-order valence-corrected chi connectivity index (χ4v) is 2.91. The molecule has 3 heteroatoms. The van der Waals surface area contributed by atoms with Crippen molar-refractivity contribution in [3.63, 3.8) is 0 Å².